The summed E-state index contributed by atoms with van der Waals surface area (Å²) in [5, 5.41) is 1.36. The van der Waals surface area contributed by atoms with Crippen molar-refractivity contribution in [2.45, 2.75) is 26.2 Å². The highest BCUT2D eigenvalue weighted by molar-refractivity contribution is 5.82. The molecule has 1 aromatic heterocycles. The standard InChI is InChI=1S/C15H19N/c1-4-5-6-7-14-11-13-10-12(2)8-9-15(13)16(14)3/h4,8-11H,1,5-7H2,2-3H3. The molecule has 0 atom stereocenters. The molecule has 2 aromatic rings. The van der Waals surface area contributed by atoms with Gasteiger partial charge < -0.3 is 4.57 Å². The first kappa shape index (κ1) is 11.0. The van der Waals surface area contributed by atoms with E-state index in [1.165, 1.54) is 28.6 Å². The minimum atomic E-state index is 1.10. The van der Waals surface area contributed by atoms with Crippen LogP contribution in [0, 0.1) is 6.92 Å². The molecule has 0 radical (unpaired) electrons. The van der Waals surface area contributed by atoms with Gasteiger partial charge in [0.2, 0.25) is 0 Å². The van der Waals surface area contributed by atoms with Crippen molar-refractivity contribution in [1.29, 1.82) is 0 Å². The SMILES string of the molecule is C=CCCCc1cc2cc(C)ccc2n1C. The summed E-state index contributed by atoms with van der Waals surface area (Å²) in [5.41, 5.74) is 4.08. The fraction of sp³-hybridized carbons (Fsp3) is 0.333. The molecule has 0 aliphatic carbocycles. The topological polar surface area (TPSA) is 4.93 Å². The first-order chi connectivity index (χ1) is 7.72. The Bertz CT molecular complexity index is 505. The van der Waals surface area contributed by atoms with Crippen LogP contribution in [0.1, 0.15) is 24.1 Å². The van der Waals surface area contributed by atoms with Gasteiger partial charge in [0, 0.05) is 23.6 Å². The average molecular weight is 213 g/mol. The van der Waals surface area contributed by atoms with Crippen molar-refractivity contribution in [2.24, 2.45) is 7.05 Å². The molecular formula is C15H19N. The van der Waals surface area contributed by atoms with E-state index in [0.717, 1.165) is 12.8 Å². The lowest BCUT2D eigenvalue weighted by atomic mass is 10.1. The fourth-order valence-electron chi connectivity index (χ4n) is 2.19. The van der Waals surface area contributed by atoms with Crippen LogP contribution in [-0.2, 0) is 13.5 Å². The highest BCUT2D eigenvalue weighted by Gasteiger charge is 2.04. The Kier molecular flexibility index (Phi) is 3.14. The number of fused-ring (bicyclic) bond motifs is 1. The van der Waals surface area contributed by atoms with E-state index in [9.17, 15) is 0 Å². The second kappa shape index (κ2) is 4.56. The number of hydrogen-bond acceptors (Lipinski definition) is 0. The maximum atomic E-state index is 3.76. The van der Waals surface area contributed by atoms with Gasteiger partial charge in [-0.25, -0.2) is 0 Å². The molecule has 0 aliphatic rings. The number of aromatic nitrogens is 1. The van der Waals surface area contributed by atoms with Crippen LogP contribution >= 0.6 is 0 Å². The van der Waals surface area contributed by atoms with Gasteiger partial charge in [-0.15, -0.1) is 6.58 Å². The Morgan fingerprint density at radius 2 is 2.12 bits per heavy atom. The molecule has 84 valence electrons. The summed E-state index contributed by atoms with van der Waals surface area (Å²) in [5.74, 6) is 0. The largest absolute Gasteiger partial charge is 0.348 e. The summed E-state index contributed by atoms with van der Waals surface area (Å²) in [6.45, 7) is 5.90. The van der Waals surface area contributed by atoms with Crippen molar-refractivity contribution in [1.82, 2.24) is 4.57 Å². The van der Waals surface area contributed by atoms with E-state index in [1.807, 2.05) is 6.08 Å². The van der Waals surface area contributed by atoms with Crippen molar-refractivity contribution in [2.75, 3.05) is 0 Å². The molecule has 0 saturated heterocycles. The monoisotopic (exact) mass is 213 g/mol. The molecule has 16 heavy (non-hydrogen) atoms. The smallest absolute Gasteiger partial charge is 0.0480 e. The zero-order chi connectivity index (χ0) is 11.5. The van der Waals surface area contributed by atoms with Crippen molar-refractivity contribution in [3.8, 4) is 0 Å². The van der Waals surface area contributed by atoms with E-state index in [-0.39, 0.29) is 0 Å². The van der Waals surface area contributed by atoms with E-state index in [1.54, 1.807) is 0 Å². The second-order valence-corrected chi connectivity index (χ2v) is 4.44. The van der Waals surface area contributed by atoms with Crippen molar-refractivity contribution < 1.29 is 0 Å². The van der Waals surface area contributed by atoms with Crippen molar-refractivity contribution >= 4 is 10.9 Å². The second-order valence-electron chi connectivity index (χ2n) is 4.44. The highest BCUT2D eigenvalue weighted by Crippen LogP contribution is 2.21. The number of unbranched alkanes of at least 4 members (excludes halogenated alkanes) is 1. The summed E-state index contributed by atoms with van der Waals surface area (Å²) in [6.07, 6.45) is 5.41. The number of nitrogens with zero attached hydrogens (tertiary/aromatic N) is 1. The number of hydrogen-bond donors (Lipinski definition) is 0. The quantitative estimate of drug-likeness (QED) is 0.534. The average Bonchev–Trinajstić information content (AvgIpc) is 2.56. The number of rotatable bonds is 4. The van der Waals surface area contributed by atoms with Crippen LogP contribution < -0.4 is 0 Å². The van der Waals surface area contributed by atoms with Gasteiger partial charge in [-0.2, -0.15) is 0 Å². The Labute approximate surface area is 97.4 Å². The summed E-state index contributed by atoms with van der Waals surface area (Å²) in [7, 11) is 2.15. The maximum Gasteiger partial charge on any atom is 0.0480 e. The molecule has 1 nitrogen and oxygen atoms in total. The predicted molar refractivity (Wildman–Crippen MR) is 70.8 cm³/mol. The molecule has 2 rings (SSSR count). The van der Waals surface area contributed by atoms with E-state index >= 15 is 0 Å². The van der Waals surface area contributed by atoms with E-state index in [0.29, 0.717) is 0 Å². The van der Waals surface area contributed by atoms with Crippen LogP contribution in [-0.4, -0.2) is 4.57 Å². The Balaban J connectivity index is 2.32. The minimum Gasteiger partial charge on any atom is -0.348 e. The first-order valence-electron chi connectivity index (χ1n) is 5.88. The van der Waals surface area contributed by atoms with E-state index in [2.05, 4.69) is 49.4 Å². The Hall–Kier alpha value is -1.50. The number of benzene rings is 1. The lowest BCUT2D eigenvalue weighted by molar-refractivity contribution is 0.770. The zero-order valence-corrected chi connectivity index (χ0v) is 10.2. The van der Waals surface area contributed by atoms with E-state index < -0.39 is 0 Å². The molecule has 0 bridgehead atoms. The lowest BCUT2D eigenvalue weighted by Crippen LogP contribution is -1.95. The lowest BCUT2D eigenvalue weighted by Gasteiger charge is -2.03. The maximum absolute atomic E-state index is 3.76. The molecule has 1 heteroatoms. The fourth-order valence-corrected chi connectivity index (χ4v) is 2.19. The van der Waals surface area contributed by atoms with Crippen LogP contribution in [0.3, 0.4) is 0 Å². The molecule has 0 N–H and O–H groups in total. The molecule has 1 heterocycles. The molecular weight excluding hydrogens is 194 g/mol. The molecule has 0 fully saturated rings. The van der Waals surface area contributed by atoms with Crippen LogP contribution in [0.15, 0.2) is 36.9 Å². The number of aryl methyl sites for hydroxylation is 3. The van der Waals surface area contributed by atoms with Crippen LogP contribution in [0.4, 0.5) is 0 Å². The highest BCUT2D eigenvalue weighted by atomic mass is 14.9. The predicted octanol–water partition coefficient (Wildman–Crippen LogP) is 4.00. The molecule has 0 saturated carbocycles. The summed E-state index contributed by atoms with van der Waals surface area (Å²) in [6, 6.07) is 8.95. The Morgan fingerprint density at radius 1 is 1.31 bits per heavy atom. The Morgan fingerprint density at radius 3 is 2.88 bits per heavy atom. The van der Waals surface area contributed by atoms with Gasteiger partial charge in [0.25, 0.3) is 0 Å². The summed E-state index contributed by atoms with van der Waals surface area (Å²) in [4.78, 5) is 0. The molecule has 0 unspecified atom stereocenters. The van der Waals surface area contributed by atoms with Crippen LogP contribution in [0.2, 0.25) is 0 Å². The van der Waals surface area contributed by atoms with Gasteiger partial charge in [-0.1, -0.05) is 17.7 Å². The number of allylic oxidation sites excluding steroid dienone is 1. The molecule has 0 spiro atoms. The normalized spacial score (nSPS) is 10.9. The molecule has 0 amide bonds. The van der Waals surface area contributed by atoms with Crippen molar-refractivity contribution in [3.63, 3.8) is 0 Å². The molecule has 1 aromatic carbocycles. The third kappa shape index (κ3) is 2.04. The van der Waals surface area contributed by atoms with E-state index in [4.69, 9.17) is 0 Å². The summed E-state index contributed by atoms with van der Waals surface area (Å²) < 4.78 is 2.30. The minimum absolute atomic E-state index is 1.10. The third-order valence-electron chi connectivity index (χ3n) is 3.14. The van der Waals surface area contributed by atoms with Crippen LogP contribution in [0.25, 0.3) is 10.9 Å². The van der Waals surface area contributed by atoms with Gasteiger partial charge in [-0.05, 0) is 44.4 Å². The third-order valence-corrected chi connectivity index (χ3v) is 3.14. The van der Waals surface area contributed by atoms with Gasteiger partial charge >= 0.3 is 0 Å². The van der Waals surface area contributed by atoms with Gasteiger partial charge in [0.05, 0.1) is 0 Å². The summed E-state index contributed by atoms with van der Waals surface area (Å²) >= 11 is 0. The van der Waals surface area contributed by atoms with Crippen molar-refractivity contribution in [3.05, 3.63) is 48.2 Å². The molecule has 0 aliphatic heterocycles. The van der Waals surface area contributed by atoms with Gasteiger partial charge in [-0.3, -0.25) is 0 Å². The van der Waals surface area contributed by atoms with Gasteiger partial charge in [0.15, 0.2) is 0 Å². The zero-order valence-electron chi connectivity index (χ0n) is 10.2. The first-order valence-corrected chi connectivity index (χ1v) is 5.88. The van der Waals surface area contributed by atoms with Crippen LogP contribution in [0.5, 0.6) is 0 Å². The van der Waals surface area contributed by atoms with Gasteiger partial charge in [0.1, 0.15) is 0 Å².